The Morgan fingerprint density at radius 3 is 2.62 bits per heavy atom. The first-order chi connectivity index (χ1) is 15.4. The number of ether oxygens (including phenoxy) is 2. The summed E-state index contributed by atoms with van der Waals surface area (Å²) in [5.74, 6) is -0.970. The zero-order valence-electron chi connectivity index (χ0n) is 17.7. The minimum atomic E-state index is -3.70. The highest BCUT2D eigenvalue weighted by atomic mass is 32.2. The van der Waals surface area contributed by atoms with Gasteiger partial charge < -0.3 is 14.4 Å². The summed E-state index contributed by atoms with van der Waals surface area (Å²) in [5, 5.41) is 0. The molecule has 0 aromatic heterocycles. The summed E-state index contributed by atoms with van der Waals surface area (Å²) in [6.07, 6.45) is 3.42. The monoisotopic (exact) mass is 458 g/mol. The molecule has 0 saturated carbocycles. The quantitative estimate of drug-likeness (QED) is 0.639. The summed E-state index contributed by atoms with van der Waals surface area (Å²) in [4.78, 5) is 26.7. The molecule has 0 radical (unpaired) electrons. The van der Waals surface area contributed by atoms with Gasteiger partial charge in [-0.15, -0.1) is 0 Å². The first kappa shape index (κ1) is 22.4. The normalized spacial score (nSPS) is 18.2. The smallest absolute Gasteiger partial charge is 0.338 e. The van der Waals surface area contributed by atoms with Crippen molar-refractivity contribution >= 4 is 27.6 Å². The number of aryl methyl sites for hydroxylation is 1. The first-order valence-electron chi connectivity index (χ1n) is 10.7. The summed E-state index contributed by atoms with van der Waals surface area (Å²) < 4.78 is 38.0. The van der Waals surface area contributed by atoms with Crippen molar-refractivity contribution in [3.63, 3.8) is 0 Å². The van der Waals surface area contributed by atoms with Crippen molar-refractivity contribution < 1.29 is 27.5 Å². The molecule has 2 aromatic carbocycles. The number of rotatable bonds is 7. The lowest BCUT2D eigenvalue weighted by molar-refractivity contribution is -0.121. The number of nitrogens with one attached hydrogen (secondary N) is 1. The predicted octanol–water partition coefficient (Wildman–Crippen LogP) is 2.28. The van der Waals surface area contributed by atoms with Gasteiger partial charge >= 0.3 is 5.97 Å². The van der Waals surface area contributed by atoms with Crippen LogP contribution >= 0.6 is 0 Å². The van der Waals surface area contributed by atoms with E-state index in [2.05, 4.69) is 4.72 Å². The first-order valence-corrected chi connectivity index (χ1v) is 12.2. The molecule has 0 bridgehead atoms. The molecule has 2 aromatic rings. The fraction of sp³-hybridized carbons (Fsp3) is 0.391. The number of fused-ring (bicyclic) bond motifs is 1. The van der Waals surface area contributed by atoms with Gasteiger partial charge in [0, 0.05) is 25.4 Å². The van der Waals surface area contributed by atoms with Crippen LogP contribution in [0.2, 0.25) is 0 Å². The van der Waals surface area contributed by atoms with Crippen LogP contribution in [0.25, 0.3) is 0 Å². The molecule has 1 amide bonds. The molecule has 2 heterocycles. The number of amides is 1. The van der Waals surface area contributed by atoms with E-state index < -0.39 is 16.0 Å². The zero-order valence-corrected chi connectivity index (χ0v) is 18.5. The SMILES string of the molecule is O=C(OCC(=O)N1CCCc2ccccc21)c1ccc(S(=O)(=O)NCC2CCCO2)cc1. The van der Waals surface area contributed by atoms with Crippen LogP contribution in [-0.2, 0) is 30.7 Å². The van der Waals surface area contributed by atoms with Gasteiger partial charge in [-0.05, 0) is 61.6 Å². The topological polar surface area (TPSA) is 102 Å². The second-order valence-corrected chi connectivity index (χ2v) is 9.63. The number of benzene rings is 2. The summed E-state index contributed by atoms with van der Waals surface area (Å²) in [6.45, 7) is 1.07. The Morgan fingerprint density at radius 1 is 1.09 bits per heavy atom. The molecule has 1 saturated heterocycles. The molecule has 1 N–H and O–H groups in total. The number of para-hydroxylation sites is 1. The van der Waals surface area contributed by atoms with Gasteiger partial charge in [0.05, 0.1) is 16.6 Å². The molecule has 1 fully saturated rings. The fourth-order valence-corrected chi connectivity index (χ4v) is 5.01. The Bertz CT molecular complexity index is 1080. The number of hydrogen-bond donors (Lipinski definition) is 1. The van der Waals surface area contributed by atoms with Crippen LogP contribution in [0.5, 0.6) is 0 Å². The Morgan fingerprint density at radius 2 is 1.88 bits per heavy atom. The lowest BCUT2D eigenvalue weighted by atomic mass is 10.0. The third-order valence-electron chi connectivity index (χ3n) is 5.66. The molecule has 9 heteroatoms. The third-order valence-corrected chi connectivity index (χ3v) is 7.10. The minimum Gasteiger partial charge on any atom is -0.452 e. The molecule has 8 nitrogen and oxygen atoms in total. The van der Waals surface area contributed by atoms with Crippen LogP contribution in [0.3, 0.4) is 0 Å². The van der Waals surface area contributed by atoms with Crippen molar-refractivity contribution in [2.24, 2.45) is 0 Å². The maximum Gasteiger partial charge on any atom is 0.338 e. The van der Waals surface area contributed by atoms with Crippen LogP contribution in [0.15, 0.2) is 53.4 Å². The van der Waals surface area contributed by atoms with Crippen molar-refractivity contribution in [3.05, 3.63) is 59.7 Å². The van der Waals surface area contributed by atoms with Gasteiger partial charge in [0.1, 0.15) is 0 Å². The number of carbonyl (C=O) groups excluding carboxylic acids is 2. The van der Waals surface area contributed by atoms with E-state index in [9.17, 15) is 18.0 Å². The molecule has 1 unspecified atom stereocenters. The summed E-state index contributed by atoms with van der Waals surface area (Å²) in [7, 11) is -3.70. The van der Waals surface area contributed by atoms with Gasteiger partial charge in [0.15, 0.2) is 6.61 Å². The van der Waals surface area contributed by atoms with Gasteiger partial charge in [0.2, 0.25) is 10.0 Å². The van der Waals surface area contributed by atoms with E-state index in [1.54, 1.807) is 4.90 Å². The third kappa shape index (κ3) is 5.17. The van der Waals surface area contributed by atoms with E-state index in [0.29, 0.717) is 13.2 Å². The largest absolute Gasteiger partial charge is 0.452 e. The number of carbonyl (C=O) groups is 2. The second kappa shape index (κ2) is 9.81. The highest BCUT2D eigenvalue weighted by molar-refractivity contribution is 7.89. The maximum atomic E-state index is 12.6. The fourth-order valence-electron chi connectivity index (χ4n) is 3.94. The number of anilines is 1. The van der Waals surface area contributed by atoms with Crippen molar-refractivity contribution in [2.75, 3.05) is 31.2 Å². The highest BCUT2D eigenvalue weighted by Crippen LogP contribution is 2.26. The van der Waals surface area contributed by atoms with Gasteiger partial charge in [-0.3, -0.25) is 4.79 Å². The number of sulfonamides is 1. The zero-order chi connectivity index (χ0) is 22.6. The van der Waals surface area contributed by atoms with Gasteiger partial charge in [-0.25, -0.2) is 17.9 Å². The summed E-state index contributed by atoms with van der Waals surface area (Å²) in [5.41, 5.74) is 2.13. The number of hydrogen-bond acceptors (Lipinski definition) is 6. The Kier molecular flexibility index (Phi) is 6.88. The second-order valence-electron chi connectivity index (χ2n) is 7.87. The van der Waals surface area contributed by atoms with Crippen LogP contribution in [0.4, 0.5) is 5.69 Å². The molecule has 32 heavy (non-hydrogen) atoms. The van der Waals surface area contributed by atoms with Crippen molar-refractivity contribution in [3.8, 4) is 0 Å². The van der Waals surface area contributed by atoms with E-state index in [1.807, 2.05) is 24.3 Å². The van der Waals surface area contributed by atoms with Crippen molar-refractivity contribution in [1.82, 2.24) is 4.72 Å². The van der Waals surface area contributed by atoms with E-state index in [1.165, 1.54) is 24.3 Å². The summed E-state index contributed by atoms with van der Waals surface area (Å²) in [6, 6.07) is 13.1. The molecule has 170 valence electrons. The summed E-state index contributed by atoms with van der Waals surface area (Å²) >= 11 is 0. The van der Waals surface area contributed by atoms with Crippen LogP contribution in [0.1, 0.15) is 35.2 Å². The van der Waals surface area contributed by atoms with E-state index in [-0.39, 0.29) is 35.6 Å². The van der Waals surface area contributed by atoms with Crippen LogP contribution in [-0.4, -0.2) is 52.7 Å². The van der Waals surface area contributed by atoms with E-state index >= 15 is 0 Å². The average molecular weight is 459 g/mol. The lowest BCUT2D eigenvalue weighted by Crippen LogP contribution is -2.38. The molecule has 2 aliphatic heterocycles. The molecule has 2 aliphatic rings. The molecule has 1 atom stereocenters. The highest BCUT2D eigenvalue weighted by Gasteiger charge is 2.24. The average Bonchev–Trinajstić information content (AvgIpc) is 3.35. The van der Waals surface area contributed by atoms with Crippen LogP contribution in [0, 0.1) is 0 Å². The number of nitrogens with zero attached hydrogens (tertiary/aromatic N) is 1. The Labute approximate surface area is 187 Å². The molecule has 0 spiro atoms. The van der Waals surface area contributed by atoms with Crippen molar-refractivity contribution in [2.45, 2.75) is 36.7 Å². The van der Waals surface area contributed by atoms with Gasteiger partial charge in [0.25, 0.3) is 5.91 Å². The maximum absolute atomic E-state index is 12.6. The minimum absolute atomic E-state index is 0.0491. The van der Waals surface area contributed by atoms with Gasteiger partial charge in [-0.1, -0.05) is 18.2 Å². The van der Waals surface area contributed by atoms with Crippen LogP contribution < -0.4 is 9.62 Å². The lowest BCUT2D eigenvalue weighted by Gasteiger charge is -2.29. The van der Waals surface area contributed by atoms with Gasteiger partial charge in [-0.2, -0.15) is 0 Å². The Hall–Kier alpha value is -2.75. The number of esters is 1. The Balaban J connectivity index is 1.32. The molecular formula is C23H26N2O6S. The van der Waals surface area contributed by atoms with E-state index in [0.717, 1.165) is 36.9 Å². The molecular weight excluding hydrogens is 432 g/mol. The van der Waals surface area contributed by atoms with Crippen molar-refractivity contribution in [1.29, 1.82) is 0 Å². The predicted molar refractivity (Wildman–Crippen MR) is 118 cm³/mol. The molecule has 0 aliphatic carbocycles. The molecule has 4 rings (SSSR count). The standard InChI is InChI=1S/C23H26N2O6S/c26-22(25-13-3-6-17-5-1-2-8-21(17)25)16-31-23(27)18-9-11-20(12-10-18)32(28,29)24-15-19-7-4-14-30-19/h1-2,5,8-12,19,24H,3-4,6-7,13-16H2. The van der Waals surface area contributed by atoms with E-state index in [4.69, 9.17) is 9.47 Å².